The fourth-order valence-electron chi connectivity index (χ4n) is 5.22. The number of ketones is 1. The molecule has 2 aliphatic rings. The van der Waals surface area contributed by atoms with Gasteiger partial charge >= 0.3 is 0 Å². The maximum Gasteiger partial charge on any atom is 0.263 e. The topological polar surface area (TPSA) is 92.2 Å². The molecule has 0 aliphatic carbocycles. The highest BCUT2D eigenvalue weighted by Crippen LogP contribution is 2.33. The minimum atomic E-state index is -0.268. The Morgan fingerprint density at radius 1 is 1.18 bits per heavy atom. The van der Waals surface area contributed by atoms with Crippen LogP contribution in [-0.4, -0.2) is 40.0 Å². The molecule has 4 heterocycles. The number of fused-ring (bicyclic) bond motifs is 3. The van der Waals surface area contributed by atoms with E-state index in [2.05, 4.69) is 34.4 Å². The standard InChI is InChI=1S/C25H29ClN6O2/c1-14-9-15(2)13-32(12-14)25-28-11-18(26)23(30-25)29-16-6-7-19-17(10-16)22-21(24(34)31(19)3)20(33)5-4-8-27-22/h6-7,10-11,14-15,27H,4-5,8-9,12-13H2,1-3H3,(H,28,29,30). The average molecular weight is 481 g/mol. The SMILES string of the molecule is CC1CC(C)CN(c2ncc(Cl)c(Nc3ccc4c(c3)c3c(c(=O)n4C)C(=O)CCCN3)n2)C1. The molecule has 0 saturated carbocycles. The zero-order chi connectivity index (χ0) is 24.0. The normalized spacial score (nSPS) is 20.6. The van der Waals surface area contributed by atoms with E-state index in [1.54, 1.807) is 13.2 Å². The molecule has 2 aliphatic heterocycles. The molecule has 1 saturated heterocycles. The third-order valence-corrected chi connectivity index (χ3v) is 6.98. The predicted octanol–water partition coefficient (Wildman–Crippen LogP) is 4.60. The van der Waals surface area contributed by atoms with Gasteiger partial charge in [-0.05, 0) is 42.9 Å². The Hall–Kier alpha value is -3.13. The minimum Gasteiger partial charge on any atom is -0.384 e. The molecule has 9 heteroatoms. The lowest BCUT2D eigenvalue weighted by Gasteiger charge is -2.35. The van der Waals surface area contributed by atoms with Crippen molar-refractivity contribution in [3.63, 3.8) is 0 Å². The van der Waals surface area contributed by atoms with E-state index < -0.39 is 0 Å². The van der Waals surface area contributed by atoms with Gasteiger partial charge in [-0.1, -0.05) is 25.4 Å². The number of aryl methyl sites for hydroxylation is 1. The number of nitrogens with zero attached hydrogens (tertiary/aromatic N) is 4. The first kappa shape index (κ1) is 22.7. The number of anilines is 4. The molecule has 8 nitrogen and oxygen atoms in total. The van der Waals surface area contributed by atoms with Gasteiger partial charge in [0.2, 0.25) is 5.95 Å². The van der Waals surface area contributed by atoms with Crippen molar-refractivity contribution in [3.8, 4) is 0 Å². The van der Waals surface area contributed by atoms with Crippen LogP contribution in [0.4, 0.5) is 23.1 Å². The summed E-state index contributed by atoms with van der Waals surface area (Å²) in [7, 11) is 1.70. The molecule has 3 aromatic rings. The molecule has 1 fully saturated rings. The lowest BCUT2D eigenvalue weighted by atomic mass is 9.92. The third kappa shape index (κ3) is 4.11. The predicted molar refractivity (Wildman–Crippen MR) is 137 cm³/mol. The molecular weight excluding hydrogens is 452 g/mol. The van der Waals surface area contributed by atoms with Gasteiger partial charge in [-0.25, -0.2) is 4.98 Å². The summed E-state index contributed by atoms with van der Waals surface area (Å²) in [5.74, 6) is 2.23. The van der Waals surface area contributed by atoms with E-state index in [1.165, 1.54) is 11.0 Å². The van der Waals surface area contributed by atoms with Gasteiger partial charge in [0.1, 0.15) is 10.6 Å². The number of rotatable bonds is 3. The van der Waals surface area contributed by atoms with Gasteiger partial charge in [-0.2, -0.15) is 4.98 Å². The fourth-order valence-corrected chi connectivity index (χ4v) is 5.35. The molecule has 178 valence electrons. The molecule has 34 heavy (non-hydrogen) atoms. The number of piperidine rings is 1. The smallest absolute Gasteiger partial charge is 0.263 e. The van der Waals surface area contributed by atoms with E-state index in [0.29, 0.717) is 53.7 Å². The Kier molecular flexibility index (Phi) is 5.93. The summed E-state index contributed by atoms with van der Waals surface area (Å²) >= 11 is 6.45. The molecule has 0 radical (unpaired) electrons. The quantitative estimate of drug-likeness (QED) is 0.566. The Bertz CT molecular complexity index is 1330. The zero-order valence-electron chi connectivity index (χ0n) is 19.7. The largest absolute Gasteiger partial charge is 0.384 e. The van der Waals surface area contributed by atoms with Crippen molar-refractivity contribution in [1.82, 2.24) is 14.5 Å². The molecule has 2 N–H and O–H groups in total. The monoisotopic (exact) mass is 480 g/mol. The van der Waals surface area contributed by atoms with Crippen molar-refractivity contribution in [3.05, 3.63) is 45.3 Å². The number of nitrogens with one attached hydrogen (secondary N) is 2. The second-order valence-electron chi connectivity index (χ2n) is 9.64. The van der Waals surface area contributed by atoms with Crippen LogP contribution in [0, 0.1) is 11.8 Å². The number of aromatic nitrogens is 3. The van der Waals surface area contributed by atoms with Crippen molar-refractivity contribution < 1.29 is 4.79 Å². The van der Waals surface area contributed by atoms with Crippen molar-refractivity contribution in [2.45, 2.75) is 33.1 Å². The van der Waals surface area contributed by atoms with E-state index in [1.807, 2.05) is 18.2 Å². The third-order valence-electron chi connectivity index (χ3n) is 6.70. The first-order valence-electron chi connectivity index (χ1n) is 11.8. The highest BCUT2D eigenvalue weighted by Gasteiger charge is 2.25. The van der Waals surface area contributed by atoms with Crippen LogP contribution in [0.3, 0.4) is 0 Å². The maximum atomic E-state index is 12.9. The van der Waals surface area contributed by atoms with Crippen LogP contribution in [-0.2, 0) is 7.05 Å². The molecule has 0 amide bonds. The molecule has 0 spiro atoms. The van der Waals surface area contributed by atoms with E-state index in [0.717, 1.165) is 29.7 Å². The molecular formula is C25H29ClN6O2. The fraction of sp³-hybridized carbons (Fsp3) is 0.440. The summed E-state index contributed by atoms with van der Waals surface area (Å²) in [4.78, 5) is 37.0. The van der Waals surface area contributed by atoms with Gasteiger partial charge in [-0.3, -0.25) is 9.59 Å². The highest BCUT2D eigenvalue weighted by atomic mass is 35.5. The van der Waals surface area contributed by atoms with Crippen molar-refractivity contribution in [2.24, 2.45) is 18.9 Å². The molecule has 2 aromatic heterocycles. The summed E-state index contributed by atoms with van der Waals surface area (Å²) in [5.41, 5.74) is 2.09. The highest BCUT2D eigenvalue weighted by molar-refractivity contribution is 6.33. The van der Waals surface area contributed by atoms with Crippen LogP contribution < -0.4 is 21.1 Å². The van der Waals surface area contributed by atoms with E-state index in [9.17, 15) is 9.59 Å². The van der Waals surface area contributed by atoms with Crippen LogP contribution in [0.1, 0.15) is 43.5 Å². The Labute approximate surface area is 203 Å². The molecule has 2 atom stereocenters. The Balaban J connectivity index is 1.54. The lowest BCUT2D eigenvalue weighted by Crippen LogP contribution is -2.39. The number of hydrogen-bond acceptors (Lipinski definition) is 7. The van der Waals surface area contributed by atoms with Crippen LogP contribution in [0.5, 0.6) is 0 Å². The van der Waals surface area contributed by atoms with Crippen molar-refractivity contribution in [2.75, 3.05) is 35.2 Å². The van der Waals surface area contributed by atoms with Crippen LogP contribution >= 0.6 is 11.6 Å². The second-order valence-corrected chi connectivity index (χ2v) is 10.0. The van der Waals surface area contributed by atoms with Crippen LogP contribution in [0.25, 0.3) is 10.9 Å². The second kappa shape index (κ2) is 8.91. The number of carbonyl (C=O) groups excluding carboxylic acids is 1. The molecule has 5 rings (SSSR count). The summed E-state index contributed by atoms with van der Waals surface area (Å²) in [6, 6.07) is 5.69. The van der Waals surface area contributed by atoms with Gasteiger partial charge in [0.05, 0.1) is 17.4 Å². The first-order valence-corrected chi connectivity index (χ1v) is 12.2. The van der Waals surface area contributed by atoms with E-state index >= 15 is 0 Å². The Morgan fingerprint density at radius 3 is 2.71 bits per heavy atom. The summed E-state index contributed by atoms with van der Waals surface area (Å²) in [6.07, 6.45) is 3.90. The molecule has 1 aromatic carbocycles. The maximum absolute atomic E-state index is 12.9. The van der Waals surface area contributed by atoms with Crippen LogP contribution in [0.2, 0.25) is 5.02 Å². The number of hydrogen-bond donors (Lipinski definition) is 2. The number of Topliss-reactive ketones (excluding diaryl/α,β-unsaturated/α-hetero) is 1. The number of benzene rings is 1. The summed E-state index contributed by atoms with van der Waals surface area (Å²) in [5, 5.41) is 7.87. The van der Waals surface area contributed by atoms with Gasteiger partial charge in [0.25, 0.3) is 5.56 Å². The molecule has 0 bridgehead atoms. The molecule has 2 unspecified atom stereocenters. The number of halogens is 1. The van der Waals surface area contributed by atoms with E-state index in [4.69, 9.17) is 16.6 Å². The first-order chi connectivity index (χ1) is 16.3. The minimum absolute atomic E-state index is 0.116. The number of pyridine rings is 1. The lowest BCUT2D eigenvalue weighted by molar-refractivity contribution is 0.0982. The van der Waals surface area contributed by atoms with Crippen LogP contribution in [0.15, 0.2) is 29.2 Å². The average Bonchev–Trinajstić information content (AvgIpc) is 3.00. The van der Waals surface area contributed by atoms with E-state index in [-0.39, 0.29) is 16.9 Å². The summed E-state index contributed by atoms with van der Waals surface area (Å²) in [6.45, 7) is 6.98. The van der Waals surface area contributed by atoms with Gasteiger partial charge in [0.15, 0.2) is 11.6 Å². The zero-order valence-corrected chi connectivity index (χ0v) is 20.4. The van der Waals surface area contributed by atoms with Gasteiger partial charge in [0, 0.05) is 44.2 Å². The Morgan fingerprint density at radius 2 is 1.94 bits per heavy atom. The number of carbonyl (C=O) groups is 1. The van der Waals surface area contributed by atoms with Crippen molar-refractivity contribution >= 4 is 51.4 Å². The van der Waals surface area contributed by atoms with Gasteiger partial charge < -0.3 is 20.1 Å². The van der Waals surface area contributed by atoms with Crippen molar-refractivity contribution in [1.29, 1.82) is 0 Å². The van der Waals surface area contributed by atoms with Gasteiger partial charge in [-0.15, -0.1) is 0 Å². The summed E-state index contributed by atoms with van der Waals surface area (Å²) < 4.78 is 1.54.